The molecule has 8 heteroatoms. The lowest BCUT2D eigenvalue weighted by Gasteiger charge is -2.04. The van der Waals surface area contributed by atoms with E-state index >= 15 is 0 Å². The number of aryl methyl sites for hydroxylation is 1. The van der Waals surface area contributed by atoms with Crippen molar-refractivity contribution in [2.45, 2.75) is 6.92 Å². The molecule has 1 N–H and O–H groups in total. The minimum Gasteiger partial charge on any atom is -0.360 e. The first kappa shape index (κ1) is 18.6. The van der Waals surface area contributed by atoms with Gasteiger partial charge in [0.25, 0.3) is 5.69 Å². The van der Waals surface area contributed by atoms with Crippen LogP contribution < -0.4 is 5.32 Å². The minimum absolute atomic E-state index is 0.0211. The molecule has 0 unspecified atom stereocenters. The molecule has 27 heavy (non-hydrogen) atoms. The third kappa shape index (κ3) is 4.31. The molecule has 134 valence electrons. The van der Waals surface area contributed by atoms with Gasteiger partial charge in [-0.15, -0.1) is 11.3 Å². The number of anilines is 1. The van der Waals surface area contributed by atoms with Gasteiger partial charge >= 0.3 is 0 Å². The highest BCUT2D eigenvalue weighted by Crippen LogP contribution is 2.27. The van der Waals surface area contributed by atoms with Gasteiger partial charge < -0.3 is 5.32 Å². The first-order valence-corrected chi connectivity index (χ1v) is 9.07. The summed E-state index contributed by atoms with van der Waals surface area (Å²) in [7, 11) is 0. The van der Waals surface area contributed by atoms with Gasteiger partial charge in [0.2, 0.25) is 0 Å². The molecule has 0 amide bonds. The summed E-state index contributed by atoms with van der Waals surface area (Å²) in [4.78, 5) is 14.8. The highest BCUT2D eigenvalue weighted by molar-refractivity contribution is 7.11. The van der Waals surface area contributed by atoms with Crippen LogP contribution in [0.5, 0.6) is 0 Å². The van der Waals surface area contributed by atoms with E-state index in [1.54, 1.807) is 24.4 Å². The van der Waals surface area contributed by atoms with Gasteiger partial charge in [-0.3, -0.25) is 10.1 Å². The van der Waals surface area contributed by atoms with E-state index in [1.807, 2.05) is 24.4 Å². The number of nitro benzene ring substituents is 1. The van der Waals surface area contributed by atoms with Crippen molar-refractivity contribution >= 4 is 39.9 Å². The quantitative estimate of drug-likeness (QED) is 0.341. The second-order valence-corrected chi connectivity index (χ2v) is 6.89. The van der Waals surface area contributed by atoms with E-state index in [2.05, 4.69) is 16.4 Å². The third-order valence-electron chi connectivity index (χ3n) is 3.78. The Labute approximate surface area is 164 Å². The van der Waals surface area contributed by atoms with Crippen molar-refractivity contribution < 1.29 is 4.92 Å². The smallest absolute Gasteiger partial charge is 0.269 e. The fourth-order valence-electron chi connectivity index (χ4n) is 2.26. The molecule has 0 saturated heterocycles. The fraction of sp³-hybridized carbons (Fsp3) is 0.0526. The zero-order valence-electron chi connectivity index (χ0n) is 14.1. The van der Waals surface area contributed by atoms with E-state index in [1.165, 1.54) is 23.5 Å². The Kier molecular flexibility index (Phi) is 5.50. The Bertz CT molecular complexity index is 1070. The molecular weight excluding hydrogens is 384 g/mol. The highest BCUT2D eigenvalue weighted by Gasteiger charge is 2.11. The number of nitrogens with one attached hydrogen (secondary N) is 1. The normalized spacial score (nSPS) is 11.1. The van der Waals surface area contributed by atoms with Crippen LogP contribution in [0.4, 0.5) is 11.4 Å². The molecule has 6 nitrogen and oxygen atoms in total. The molecule has 0 saturated carbocycles. The summed E-state index contributed by atoms with van der Waals surface area (Å²) >= 11 is 7.43. The van der Waals surface area contributed by atoms with Crippen molar-refractivity contribution in [2.75, 3.05) is 5.32 Å². The summed E-state index contributed by atoms with van der Waals surface area (Å²) in [6.07, 6.45) is 1.58. The molecule has 1 heterocycles. The van der Waals surface area contributed by atoms with Crippen LogP contribution in [0, 0.1) is 28.4 Å². The number of nitrogens with zero attached hydrogens (tertiary/aromatic N) is 3. The predicted molar refractivity (Wildman–Crippen MR) is 108 cm³/mol. The summed E-state index contributed by atoms with van der Waals surface area (Å²) < 4.78 is 0. The van der Waals surface area contributed by atoms with E-state index in [0.29, 0.717) is 21.3 Å². The lowest BCUT2D eigenvalue weighted by molar-refractivity contribution is -0.384. The second-order valence-electron chi connectivity index (χ2n) is 5.62. The minimum atomic E-state index is -0.449. The van der Waals surface area contributed by atoms with Gasteiger partial charge in [0.15, 0.2) is 0 Å². The molecule has 0 aliphatic carbocycles. The molecule has 1 aromatic heterocycles. The summed E-state index contributed by atoms with van der Waals surface area (Å²) in [6.45, 7) is 1.91. The van der Waals surface area contributed by atoms with E-state index in [4.69, 9.17) is 11.6 Å². The second kappa shape index (κ2) is 7.99. The van der Waals surface area contributed by atoms with E-state index in [-0.39, 0.29) is 5.69 Å². The average Bonchev–Trinajstić information content (AvgIpc) is 3.15. The maximum Gasteiger partial charge on any atom is 0.269 e. The summed E-state index contributed by atoms with van der Waals surface area (Å²) in [6, 6.07) is 13.8. The monoisotopic (exact) mass is 396 g/mol. The fourth-order valence-corrected chi connectivity index (χ4v) is 3.24. The van der Waals surface area contributed by atoms with E-state index in [9.17, 15) is 15.4 Å². The maximum atomic E-state index is 10.7. The number of hydrogen-bond donors (Lipinski definition) is 1. The average molecular weight is 397 g/mol. The van der Waals surface area contributed by atoms with Crippen LogP contribution in [0.2, 0.25) is 5.02 Å². The Morgan fingerprint density at radius 3 is 2.70 bits per heavy atom. The number of thiazole rings is 1. The number of nitro groups is 1. The van der Waals surface area contributed by atoms with Crippen LogP contribution in [0.25, 0.3) is 16.8 Å². The number of benzene rings is 2. The van der Waals surface area contributed by atoms with Gasteiger partial charge in [-0.2, -0.15) is 5.26 Å². The van der Waals surface area contributed by atoms with Crippen LogP contribution in [-0.2, 0) is 0 Å². The summed E-state index contributed by atoms with van der Waals surface area (Å²) in [5.41, 5.74) is 3.55. The van der Waals surface area contributed by atoms with Gasteiger partial charge in [-0.05, 0) is 36.8 Å². The molecule has 0 fully saturated rings. The van der Waals surface area contributed by atoms with Crippen molar-refractivity contribution in [3.8, 4) is 17.3 Å². The SMILES string of the molecule is Cc1ccc(NC=C(C#N)c2nc(-c3ccc([N+](=O)[O-])cc3)cs2)cc1Cl. The molecule has 0 spiro atoms. The Morgan fingerprint density at radius 1 is 1.33 bits per heavy atom. The third-order valence-corrected chi connectivity index (χ3v) is 5.07. The number of halogens is 1. The molecule has 0 aliphatic rings. The molecule has 2 aromatic carbocycles. The largest absolute Gasteiger partial charge is 0.360 e. The number of aromatic nitrogens is 1. The van der Waals surface area contributed by atoms with Crippen LogP contribution in [0.3, 0.4) is 0 Å². The Morgan fingerprint density at radius 2 is 2.07 bits per heavy atom. The van der Waals surface area contributed by atoms with Crippen molar-refractivity contribution in [3.05, 3.63) is 79.8 Å². The predicted octanol–water partition coefficient (Wildman–Crippen LogP) is 5.66. The molecule has 0 bridgehead atoms. The van der Waals surface area contributed by atoms with Crippen molar-refractivity contribution in [1.29, 1.82) is 5.26 Å². The topological polar surface area (TPSA) is 91.8 Å². The van der Waals surface area contributed by atoms with Crippen LogP contribution >= 0.6 is 22.9 Å². The van der Waals surface area contributed by atoms with Gasteiger partial charge in [0, 0.05) is 40.0 Å². The maximum absolute atomic E-state index is 10.7. The van der Waals surface area contributed by atoms with Crippen molar-refractivity contribution in [1.82, 2.24) is 4.98 Å². The number of hydrogen-bond acceptors (Lipinski definition) is 6. The zero-order chi connectivity index (χ0) is 19.4. The molecule has 0 aliphatic heterocycles. The lowest BCUT2D eigenvalue weighted by atomic mass is 10.1. The number of rotatable bonds is 5. The summed E-state index contributed by atoms with van der Waals surface area (Å²) in [5.74, 6) is 0. The number of allylic oxidation sites excluding steroid dienone is 1. The van der Waals surface area contributed by atoms with Gasteiger partial charge in [0.1, 0.15) is 16.6 Å². The zero-order valence-corrected chi connectivity index (χ0v) is 15.7. The van der Waals surface area contributed by atoms with Gasteiger partial charge in [-0.1, -0.05) is 17.7 Å². The van der Waals surface area contributed by atoms with Crippen LogP contribution in [-0.4, -0.2) is 9.91 Å². The first-order chi connectivity index (χ1) is 13.0. The van der Waals surface area contributed by atoms with Crippen LogP contribution in [0.15, 0.2) is 54.0 Å². The number of non-ortho nitro benzene ring substituents is 1. The molecular formula is C19H13ClN4O2S. The molecule has 3 rings (SSSR count). The molecule has 0 atom stereocenters. The Hall–Kier alpha value is -3.21. The number of nitriles is 1. The standard InChI is InChI=1S/C19H13ClN4O2S/c1-12-2-5-15(8-17(12)20)22-10-14(9-21)19-23-18(11-27-19)13-3-6-16(7-4-13)24(25)26/h2-8,10-11,22H,1H3. The Balaban J connectivity index is 1.81. The highest BCUT2D eigenvalue weighted by atomic mass is 35.5. The van der Waals surface area contributed by atoms with Gasteiger partial charge in [0.05, 0.1) is 10.6 Å². The summed E-state index contributed by atoms with van der Waals surface area (Å²) in [5, 5.41) is 26.2. The van der Waals surface area contributed by atoms with E-state index < -0.39 is 4.92 Å². The van der Waals surface area contributed by atoms with Gasteiger partial charge in [-0.25, -0.2) is 4.98 Å². The van der Waals surface area contributed by atoms with Crippen LogP contribution in [0.1, 0.15) is 10.6 Å². The van der Waals surface area contributed by atoms with Crippen molar-refractivity contribution in [2.24, 2.45) is 0 Å². The van der Waals surface area contributed by atoms with E-state index in [0.717, 1.165) is 16.8 Å². The molecule has 0 radical (unpaired) electrons. The first-order valence-electron chi connectivity index (χ1n) is 7.81. The molecule has 3 aromatic rings. The lowest BCUT2D eigenvalue weighted by Crippen LogP contribution is -1.92. The van der Waals surface area contributed by atoms with Crippen molar-refractivity contribution in [3.63, 3.8) is 0 Å².